The summed E-state index contributed by atoms with van der Waals surface area (Å²) in [5, 5.41) is 23.3. The number of halogens is 3. The van der Waals surface area contributed by atoms with Crippen LogP contribution in [-0.2, 0) is 27.4 Å². The van der Waals surface area contributed by atoms with Crippen molar-refractivity contribution in [3.05, 3.63) is 76.2 Å². The molecule has 1 aromatic heterocycles. The number of aliphatic carboxylic acids is 1. The Morgan fingerprint density at radius 2 is 1.76 bits per heavy atom. The van der Waals surface area contributed by atoms with E-state index in [0.717, 1.165) is 29.6 Å². The molecule has 0 bridgehead atoms. The molecule has 0 spiro atoms. The normalized spacial score (nSPS) is 14.1. The molecule has 0 aliphatic heterocycles. The quantitative estimate of drug-likeness (QED) is 0.151. The number of thiophene rings is 1. The topological polar surface area (TPSA) is 107 Å². The molecule has 3 aromatic rings. The van der Waals surface area contributed by atoms with Crippen molar-refractivity contribution in [2.45, 2.75) is 88.4 Å². The number of rotatable bonds is 16. The van der Waals surface area contributed by atoms with E-state index in [0.29, 0.717) is 27.8 Å². The average molecular weight is 669 g/mol. The number of carbonyl (C=O) groups is 1. The molecule has 2 atom stereocenters. The van der Waals surface area contributed by atoms with Gasteiger partial charge in [0.2, 0.25) is 10.0 Å². The maximum Gasteiger partial charge on any atom is 0.416 e. The van der Waals surface area contributed by atoms with Crippen LogP contribution < -0.4 is 5.32 Å². The van der Waals surface area contributed by atoms with Gasteiger partial charge in [0.25, 0.3) is 0 Å². The molecule has 0 fully saturated rings. The Hall–Kier alpha value is -2.77. The number of hydrogen-bond acceptors (Lipinski definition) is 6. The van der Waals surface area contributed by atoms with Crippen LogP contribution in [0.15, 0.2) is 59.5 Å². The van der Waals surface area contributed by atoms with E-state index in [1.807, 2.05) is 39.0 Å². The average Bonchev–Trinajstić information content (AvgIpc) is 3.35. The Morgan fingerprint density at radius 3 is 2.36 bits per heavy atom. The van der Waals surface area contributed by atoms with Crippen molar-refractivity contribution in [1.29, 1.82) is 0 Å². The molecule has 45 heavy (non-hydrogen) atoms. The van der Waals surface area contributed by atoms with Crippen molar-refractivity contribution in [1.82, 2.24) is 9.62 Å². The first-order chi connectivity index (χ1) is 20.9. The summed E-state index contributed by atoms with van der Waals surface area (Å²) in [6.07, 6.45) is -2.87. The van der Waals surface area contributed by atoms with Gasteiger partial charge in [-0.15, -0.1) is 11.3 Å². The van der Waals surface area contributed by atoms with Crippen LogP contribution in [0.1, 0.15) is 73.9 Å². The Kier molecular flexibility index (Phi) is 12.4. The van der Waals surface area contributed by atoms with Crippen molar-refractivity contribution < 1.29 is 36.6 Å². The molecule has 0 saturated carbocycles. The minimum atomic E-state index is -4.81. The summed E-state index contributed by atoms with van der Waals surface area (Å²) in [7, 11) is -3.18. The zero-order valence-electron chi connectivity index (χ0n) is 26.3. The summed E-state index contributed by atoms with van der Waals surface area (Å²) in [5.74, 6) is -1.29. The van der Waals surface area contributed by atoms with Gasteiger partial charge in [0.05, 0.1) is 23.0 Å². The van der Waals surface area contributed by atoms with Gasteiger partial charge in [0.15, 0.2) is 0 Å². The number of aryl methyl sites for hydroxylation is 2. The number of carboxylic acid groups (broad SMARTS) is 1. The highest BCUT2D eigenvalue weighted by molar-refractivity contribution is 7.89. The molecule has 0 radical (unpaired) electrons. The number of nitrogens with one attached hydrogen (secondary N) is 1. The molecule has 248 valence electrons. The number of likely N-dealkylation sites (N-methyl/N-ethyl adjacent to an activating group) is 1. The van der Waals surface area contributed by atoms with Crippen molar-refractivity contribution >= 4 is 27.3 Å². The van der Waals surface area contributed by atoms with E-state index >= 15 is 0 Å². The van der Waals surface area contributed by atoms with Crippen molar-refractivity contribution in [3.8, 4) is 10.4 Å². The van der Waals surface area contributed by atoms with Crippen molar-refractivity contribution in [3.63, 3.8) is 0 Å². The van der Waals surface area contributed by atoms with Gasteiger partial charge in [-0.1, -0.05) is 37.3 Å². The monoisotopic (exact) mass is 668 g/mol. The fourth-order valence-corrected chi connectivity index (χ4v) is 7.82. The highest BCUT2D eigenvalue weighted by atomic mass is 32.2. The smallest absolute Gasteiger partial charge is 0.416 e. The summed E-state index contributed by atoms with van der Waals surface area (Å²) in [6.45, 7) is 7.31. The maximum absolute atomic E-state index is 14.0. The molecule has 2 aromatic carbocycles. The van der Waals surface area contributed by atoms with Crippen LogP contribution in [-0.4, -0.2) is 60.7 Å². The lowest BCUT2D eigenvalue weighted by Gasteiger charge is -2.29. The summed E-state index contributed by atoms with van der Waals surface area (Å²) < 4.78 is 69.9. The van der Waals surface area contributed by atoms with Crippen LogP contribution in [0.5, 0.6) is 0 Å². The summed E-state index contributed by atoms with van der Waals surface area (Å²) in [6, 6.07) is 14.6. The standard InChI is InChI=1S/C33H43F3N2O5S2/c1-6-24(18-30(40)41)29-15-22(2)31(44-29)25-16-26(33(34,35)36)19-28(17-25)45(42,43)38(5)21-27(39)20-37-32(3,4)14-10-13-23-11-8-7-9-12-23/h7-9,11-12,15-17,19,24,27,37,39H,6,10,13-14,18,20-21H2,1-5H3,(H,40,41)/t24-,27?/m1/s1. The number of alkyl halides is 3. The van der Waals surface area contributed by atoms with Crippen LogP contribution in [0.4, 0.5) is 13.2 Å². The molecular formula is C33H43F3N2O5S2. The molecule has 0 aliphatic carbocycles. The van der Waals surface area contributed by atoms with E-state index in [1.54, 1.807) is 13.0 Å². The number of aliphatic hydroxyl groups excluding tert-OH is 1. The second kappa shape index (κ2) is 15.2. The van der Waals surface area contributed by atoms with E-state index in [2.05, 4.69) is 17.4 Å². The molecule has 0 saturated heterocycles. The van der Waals surface area contributed by atoms with Crippen molar-refractivity contribution in [2.24, 2.45) is 0 Å². The minimum Gasteiger partial charge on any atom is -0.481 e. The third kappa shape index (κ3) is 10.4. The summed E-state index contributed by atoms with van der Waals surface area (Å²) >= 11 is 1.17. The Morgan fingerprint density at radius 1 is 1.09 bits per heavy atom. The molecule has 1 heterocycles. The van der Waals surface area contributed by atoms with Crippen LogP contribution in [0.25, 0.3) is 10.4 Å². The summed E-state index contributed by atoms with van der Waals surface area (Å²) in [5.41, 5.74) is 0.495. The van der Waals surface area contributed by atoms with E-state index < -0.39 is 38.7 Å². The third-order valence-electron chi connectivity index (χ3n) is 7.85. The van der Waals surface area contributed by atoms with Crippen molar-refractivity contribution in [2.75, 3.05) is 20.1 Å². The van der Waals surface area contributed by atoms with Crippen LogP contribution >= 0.6 is 11.3 Å². The highest BCUT2D eigenvalue weighted by Crippen LogP contribution is 2.41. The zero-order chi connectivity index (χ0) is 33.6. The highest BCUT2D eigenvalue weighted by Gasteiger charge is 2.34. The Bertz CT molecular complexity index is 1540. The zero-order valence-corrected chi connectivity index (χ0v) is 28.0. The first-order valence-electron chi connectivity index (χ1n) is 14.9. The van der Waals surface area contributed by atoms with Gasteiger partial charge in [0, 0.05) is 41.3 Å². The number of aliphatic hydroxyl groups is 1. The SMILES string of the molecule is CC[C@H](CC(=O)O)c1cc(C)c(-c2cc(C(F)(F)F)cc(S(=O)(=O)N(C)CC(O)CNC(C)(C)CCCc3ccccc3)c2)s1. The van der Waals surface area contributed by atoms with Gasteiger partial charge in [-0.25, -0.2) is 8.42 Å². The lowest BCUT2D eigenvalue weighted by Crippen LogP contribution is -2.46. The van der Waals surface area contributed by atoms with Crippen LogP contribution in [0.3, 0.4) is 0 Å². The van der Waals surface area contributed by atoms with E-state index in [9.17, 15) is 36.6 Å². The fourth-order valence-electron chi connectivity index (χ4n) is 5.20. The molecule has 0 amide bonds. The van der Waals surface area contributed by atoms with E-state index in [4.69, 9.17) is 0 Å². The van der Waals surface area contributed by atoms with Gasteiger partial charge in [-0.2, -0.15) is 17.5 Å². The molecular weight excluding hydrogens is 626 g/mol. The Balaban J connectivity index is 1.77. The van der Waals surface area contributed by atoms with E-state index in [1.165, 1.54) is 30.0 Å². The predicted octanol–water partition coefficient (Wildman–Crippen LogP) is 7.08. The van der Waals surface area contributed by atoms with Gasteiger partial charge in [0.1, 0.15) is 0 Å². The molecule has 12 heteroatoms. The number of benzene rings is 2. The number of carboxylic acids is 1. The number of β-amino-alcohol motifs (C(OH)–C–C–N with tert-alkyl or cyclic N) is 1. The van der Waals surface area contributed by atoms with Crippen LogP contribution in [0.2, 0.25) is 0 Å². The second-order valence-corrected chi connectivity index (χ2v) is 15.3. The molecule has 3 rings (SSSR count). The predicted molar refractivity (Wildman–Crippen MR) is 172 cm³/mol. The van der Waals surface area contributed by atoms with Crippen LogP contribution in [0, 0.1) is 6.92 Å². The van der Waals surface area contributed by atoms with E-state index in [-0.39, 0.29) is 36.5 Å². The second-order valence-electron chi connectivity index (χ2n) is 12.2. The van der Waals surface area contributed by atoms with Gasteiger partial charge >= 0.3 is 12.1 Å². The molecule has 1 unspecified atom stereocenters. The van der Waals surface area contributed by atoms with Gasteiger partial charge < -0.3 is 15.5 Å². The molecule has 7 nitrogen and oxygen atoms in total. The lowest BCUT2D eigenvalue weighted by molar-refractivity contribution is -0.138. The largest absolute Gasteiger partial charge is 0.481 e. The Labute approximate surface area is 268 Å². The first kappa shape index (κ1) is 36.7. The fraction of sp³-hybridized carbons (Fsp3) is 0.485. The molecule has 0 aliphatic rings. The number of hydrogen-bond donors (Lipinski definition) is 3. The summed E-state index contributed by atoms with van der Waals surface area (Å²) in [4.78, 5) is 11.9. The molecule has 3 N–H and O–H groups in total. The lowest BCUT2D eigenvalue weighted by atomic mass is 9.95. The number of nitrogens with zero attached hydrogens (tertiary/aromatic N) is 1. The van der Waals surface area contributed by atoms with Gasteiger partial charge in [-0.3, -0.25) is 4.79 Å². The number of sulfonamides is 1. The minimum absolute atomic E-state index is 0.0789. The first-order valence-corrected chi connectivity index (χ1v) is 17.2. The van der Waals surface area contributed by atoms with Gasteiger partial charge in [-0.05, 0) is 87.4 Å². The third-order valence-corrected chi connectivity index (χ3v) is 11.1. The maximum atomic E-state index is 14.0.